The van der Waals surface area contributed by atoms with Crippen molar-refractivity contribution in [2.45, 2.75) is 18.8 Å². The molecule has 0 radical (unpaired) electrons. The van der Waals surface area contributed by atoms with Gasteiger partial charge in [0.05, 0.1) is 7.11 Å². The molecule has 1 N–H and O–H groups in total. The van der Waals surface area contributed by atoms with Gasteiger partial charge < -0.3 is 14.4 Å². The minimum absolute atomic E-state index is 0.121. The summed E-state index contributed by atoms with van der Waals surface area (Å²) < 4.78 is 10.3. The van der Waals surface area contributed by atoms with Gasteiger partial charge in [0.15, 0.2) is 0 Å². The van der Waals surface area contributed by atoms with E-state index >= 15 is 0 Å². The minimum Gasteiger partial charge on any atom is -0.496 e. The number of aromatic carboxylic acids is 1. The highest BCUT2D eigenvalue weighted by atomic mass is 16.5. The van der Waals surface area contributed by atoms with E-state index in [0.29, 0.717) is 22.9 Å². The number of rotatable bonds is 4. The van der Waals surface area contributed by atoms with Gasteiger partial charge in [-0.3, -0.25) is 0 Å². The van der Waals surface area contributed by atoms with Crippen molar-refractivity contribution in [1.29, 1.82) is 0 Å². The van der Waals surface area contributed by atoms with Gasteiger partial charge in [-0.15, -0.1) is 0 Å². The van der Waals surface area contributed by atoms with Crippen LogP contribution in [0.3, 0.4) is 0 Å². The fourth-order valence-corrected chi connectivity index (χ4v) is 2.02. The van der Waals surface area contributed by atoms with Crippen LogP contribution in [-0.2, 0) is 0 Å². The third kappa shape index (κ3) is 2.19. The molecule has 1 aromatic carbocycles. The molecular formula is C14H13NO4. The number of carbonyl (C=O) groups is 1. The van der Waals surface area contributed by atoms with Crippen LogP contribution in [0.25, 0.3) is 11.3 Å². The fourth-order valence-electron chi connectivity index (χ4n) is 2.02. The zero-order valence-electron chi connectivity index (χ0n) is 10.4. The maximum atomic E-state index is 11.2. The molecule has 1 heterocycles. The lowest BCUT2D eigenvalue weighted by atomic mass is 10.1. The fraction of sp³-hybridized carbons (Fsp3) is 0.286. The van der Waals surface area contributed by atoms with Crippen LogP contribution in [0, 0.1) is 0 Å². The van der Waals surface area contributed by atoms with Gasteiger partial charge >= 0.3 is 5.97 Å². The maximum Gasteiger partial charge on any atom is 0.339 e. The summed E-state index contributed by atoms with van der Waals surface area (Å²) in [6, 6.07) is 6.84. The molecule has 0 saturated heterocycles. The smallest absolute Gasteiger partial charge is 0.339 e. The highest BCUT2D eigenvalue weighted by Gasteiger charge is 2.28. The second-order valence-electron chi connectivity index (χ2n) is 4.61. The number of benzene rings is 1. The summed E-state index contributed by atoms with van der Waals surface area (Å²) in [6.45, 7) is 0. The first-order valence-corrected chi connectivity index (χ1v) is 6.07. The van der Waals surface area contributed by atoms with E-state index in [1.54, 1.807) is 18.2 Å². The molecule has 1 saturated carbocycles. The number of hydrogen-bond acceptors (Lipinski definition) is 4. The average molecular weight is 259 g/mol. The Kier molecular flexibility index (Phi) is 2.74. The van der Waals surface area contributed by atoms with Gasteiger partial charge in [0.25, 0.3) is 0 Å². The van der Waals surface area contributed by atoms with Gasteiger partial charge in [-0.25, -0.2) is 4.79 Å². The number of carboxylic acid groups (broad SMARTS) is 1. The maximum absolute atomic E-state index is 11.2. The Bertz CT molecular complexity index is 628. The van der Waals surface area contributed by atoms with E-state index in [9.17, 15) is 4.79 Å². The summed E-state index contributed by atoms with van der Waals surface area (Å²) in [5, 5.41) is 13.1. The predicted octanol–water partition coefficient (Wildman–Crippen LogP) is 2.93. The highest BCUT2D eigenvalue weighted by Crippen LogP contribution is 2.41. The summed E-state index contributed by atoms with van der Waals surface area (Å²) in [5.41, 5.74) is 1.50. The zero-order chi connectivity index (χ0) is 13.4. The molecule has 0 unspecified atom stereocenters. The monoisotopic (exact) mass is 259 g/mol. The first kappa shape index (κ1) is 11.8. The van der Waals surface area contributed by atoms with E-state index in [4.69, 9.17) is 14.4 Å². The van der Waals surface area contributed by atoms with Crippen molar-refractivity contribution in [3.63, 3.8) is 0 Å². The van der Waals surface area contributed by atoms with E-state index < -0.39 is 5.97 Å². The molecule has 0 aliphatic heterocycles. The van der Waals surface area contributed by atoms with E-state index in [1.165, 1.54) is 7.11 Å². The summed E-state index contributed by atoms with van der Waals surface area (Å²) in [7, 11) is 1.45. The van der Waals surface area contributed by atoms with Gasteiger partial charge in [0.1, 0.15) is 22.8 Å². The van der Waals surface area contributed by atoms with Crippen molar-refractivity contribution in [2.75, 3.05) is 7.11 Å². The lowest BCUT2D eigenvalue weighted by Crippen LogP contribution is -2.00. The molecule has 1 aliphatic rings. The SMILES string of the molecule is COc1ccc(-c2cc(C3CC3)on2)cc1C(=O)O. The Balaban J connectivity index is 1.99. The van der Waals surface area contributed by atoms with E-state index in [0.717, 1.165) is 18.6 Å². The van der Waals surface area contributed by atoms with Crippen molar-refractivity contribution in [3.05, 3.63) is 35.6 Å². The van der Waals surface area contributed by atoms with E-state index in [-0.39, 0.29) is 5.56 Å². The van der Waals surface area contributed by atoms with Crippen molar-refractivity contribution < 1.29 is 19.2 Å². The molecular weight excluding hydrogens is 246 g/mol. The van der Waals surface area contributed by atoms with Crippen LogP contribution >= 0.6 is 0 Å². The summed E-state index contributed by atoms with van der Waals surface area (Å²) in [5.74, 6) is 0.674. The number of carboxylic acids is 1. The van der Waals surface area contributed by atoms with Crippen LogP contribution in [0.2, 0.25) is 0 Å². The Morgan fingerprint density at radius 2 is 2.21 bits per heavy atom. The standard InChI is InChI=1S/C14H13NO4/c1-18-12-5-4-9(6-10(12)14(16)17)11-7-13(19-15-11)8-2-3-8/h4-8H,2-3H2,1H3,(H,16,17). The third-order valence-corrected chi connectivity index (χ3v) is 3.23. The van der Waals surface area contributed by atoms with E-state index in [1.807, 2.05) is 6.07 Å². The molecule has 2 aromatic rings. The van der Waals surface area contributed by atoms with Crippen molar-refractivity contribution >= 4 is 5.97 Å². The van der Waals surface area contributed by atoms with Crippen LogP contribution in [0.1, 0.15) is 34.9 Å². The molecule has 5 nitrogen and oxygen atoms in total. The average Bonchev–Trinajstić information content (AvgIpc) is 3.16. The number of methoxy groups -OCH3 is 1. The van der Waals surface area contributed by atoms with Crippen molar-refractivity contribution in [1.82, 2.24) is 5.16 Å². The van der Waals surface area contributed by atoms with Crippen LogP contribution in [0.15, 0.2) is 28.8 Å². The van der Waals surface area contributed by atoms with Gasteiger partial charge in [0.2, 0.25) is 0 Å². The minimum atomic E-state index is -1.02. The highest BCUT2D eigenvalue weighted by molar-refractivity contribution is 5.92. The molecule has 5 heteroatoms. The lowest BCUT2D eigenvalue weighted by Gasteiger charge is -2.05. The first-order chi connectivity index (χ1) is 9.19. The molecule has 19 heavy (non-hydrogen) atoms. The van der Waals surface area contributed by atoms with Crippen LogP contribution < -0.4 is 4.74 Å². The molecule has 3 rings (SSSR count). The molecule has 1 fully saturated rings. The Morgan fingerprint density at radius 3 is 2.84 bits per heavy atom. The van der Waals surface area contributed by atoms with E-state index in [2.05, 4.69) is 5.16 Å². The van der Waals surface area contributed by atoms with Crippen LogP contribution in [0.5, 0.6) is 5.75 Å². The first-order valence-electron chi connectivity index (χ1n) is 6.07. The molecule has 0 spiro atoms. The topological polar surface area (TPSA) is 72.6 Å². The Morgan fingerprint density at radius 1 is 1.42 bits per heavy atom. The molecule has 1 aliphatic carbocycles. The van der Waals surface area contributed by atoms with Gasteiger partial charge in [0, 0.05) is 17.5 Å². The Labute approximate surface area is 109 Å². The van der Waals surface area contributed by atoms with Crippen LogP contribution in [0.4, 0.5) is 0 Å². The van der Waals surface area contributed by atoms with Gasteiger partial charge in [-0.2, -0.15) is 0 Å². The number of ether oxygens (including phenoxy) is 1. The molecule has 1 aromatic heterocycles. The largest absolute Gasteiger partial charge is 0.496 e. The summed E-state index contributed by atoms with van der Waals surface area (Å²) in [6.07, 6.45) is 2.27. The van der Waals surface area contributed by atoms with Crippen LogP contribution in [-0.4, -0.2) is 23.3 Å². The number of hydrogen-bond donors (Lipinski definition) is 1. The number of nitrogens with zero attached hydrogens (tertiary/aromatic N) is 1. The van der Waals surface area contributed by atoms with Crippen molar-refractivity contribution in [3.8, 4) is 17.0 Å². The predicted molar refractivity (Wildman–Crippen MR) is 67.4 cm³/mol. The second kappa shape index (κ2) is 4.42. The summed E-state index contributed by atoms with van der Waals surface area (Å²) >= 11 is 0. The molecule has 0 bridgehead atoms. The normalized spacial score (nSPS) is 14.4. The second-order valence-corrected chi connectivity index (χ2v) is 4.61. The Hall–Kier alpha value is -2.30. The van der Waals surface area contributed by atoms with Gasteiger partial charge in [-0.1, -0.05) is 5.16 Å². The zero-order valence-corrected chi connectivity index (χ0v) is 10.4. The van der Waals surface area contributed by atoms with Gasteiger partial charge in [-0.05, 0) is 31.0 Å². The third-order valence-electron chi connectivity index (χ3n) is 3.23. The molecule has 0 atom stereocenters. The van der Waals surface area contributed by atoms with Crippen molar-refractivity contribution in [2.24, 2.45) is 0 Å². The molecule has 0 amide bonds. The lowest BCUT2D eigenvalue weighted by molar-refractivity contribution is 0.0693. The number of aromatic nitrogens is 1. The quantitative estimate of drug-likeness (QED) is 0.913. The summed E-state index contributed by atoms with van der Waals surface area (Å²) in [4.78, 5) is 11.2. The molecule has 98 valence electrons.